The van der Waals surface area contributed by atoms with E-state index >= 15 is 0 Å². The van der Waals surface area contributed by atoms with Gasteiger partial charge in [-0.2, -0.15) is 13.2 Å². The number of ether oxygens (including phenoxy) is 2. The Kier molecular flexibility index (Phi) is 8.70. The predicted molar refractivity (Wildman–Crippen MR) is 63.9 cm³/mol. The molecule has 0 saturated heterocycles. The molecule has 0 aromatic heterocycles. The van der Waals surface area contributed by atoms with Crippen LogP contribution in [0.25, 0.3) is 0 Å². The summed E-state index contributed by atoms with van der Waals surface area (Å²) in [7, 11) is 2.99. The Morgan fingerprint density at radius 1 is 1.32 bits per heavy atom. The van der Waals surface area contributed by atoms with Gasteiger partial charge in [-0.25, -0.2) is 0 Å². The summed E-state index contributed by atoms with van der Waals surface area (Å²) in [6.07, 6.45) is -4.32. The van der Waals surface area contributed by atoms with E-state index in [1.54, 1.807) is 6.92 Å². The molecule has 0 saturated carbocycles. The van der Waals surface area contributed by atoms with E-state index in [0.29, 0.717) is 19.8 Å². The third kappa shape index (κ3) is 8.79. The van der Waals surface area contributed by atoms with Gasteiger partial charge in [-0.3, -0.25) is 4.79 Å². The molecule has 0 fully saturated rings. The molecule has 0 bridgehead atoms. The lowest BCUT2D eigenvalue weighted by Crippen LogP contribution is -2.47. The third-order valence-corrected chi connectivity index (χ3v) is 2.40. The fourth-order valence-electron chi connectivity index (χ4n) is 1.52. The number of nitrogens with zero attached hydrogens (tertiary/aromatic N) is 1. The summed E-state index contributed by atoms with van der Waals surface area (Å²) in [5, 5.41) is 2.08. The van der Waals surface area contributed by atoms with Gasteiger partial charge < -0.3 is 19.7 Å². The summed E-state index contributed by atoms with van der Waals surface area (Å²) in [6.45, 7) is 1.16. The molecule has 0 aliphatic heterocycles. The number of rotatable bonds is 9. The number of carbonyl (C=O) groups is 1. The van der Waals surface area contributed by atoms with Crippen molar-refractivity contribution in [2.75, 3.05) is 47.1 Å². The van der Waals surface area contributed by atoms with Crippen LogP contribution < -0.4 is 5.32 Å². The number of amides is 1. The van der Waals surface area contributed by atoms with Crippen molar-refractivity contribution >= 4 is 5.91 Å². The molecular formula is C11H21F3N2O3. The van der Waals surface area contributed by atoms with Crippen LogP contribution in [0.4, 0.5) is 13.2 Å². The Morgan fingerprint density at radius 2 is 1.95 bits per heavy atom. The van der Waals surface area contributed by atoms with E-state index in [2.05, 4.69) is 5.32 Å². The SMILES string of the molecule is COCCN(C(=O)CNCC(F)(F)F)C(C)COC. The molecule has 1 atom stereocenters. The van der Waals surface area contributed by atoms with Crippen LogP contribution in [0.5, 0.6) is 0 Å². The minimum absolute atomic E-state index is 0.222. The molecule has 0 aliphatic rings. The number of hydrogen-bond acceptors (Lipinski definition) is 4. The first-order valence-corrected chi connectivity index (χ1v) is 5.86. The van der Waals surface area contributed by atoms with Gasteiger partial charge in [-0.1, -0.05) is 0 Å². The van der Waals surface area contributed by atoms with Gasteiger partial charge >= 0.3 is 6.18 Å². The smallest absolute Gasteiger partial charge is 0.383 e. The molecule has 0 aromatic carbocycles. The number of methoxy groups -OCH3 is 2. The van der Waals surface area contributed by atoms with Crippen LogP contribution in [0.15, 0.2) is 0 Å². The molecule has 1 N–H and O–H groups in total. The van der Waals surface area contributed by atoms with Crippen molar-refractivity contribution in [3.63, 3.8) is 0 Å². The minimum Gasteiger partial charge on any atom is -0.383 e. The largest absolute Gasteiger partial charge is 0.401 e. The Hall–Kier alpha value is -0.860. The predicted octanol–water partition coefficient (Wildman–Crippen LogP) is 0.648. The first-order valence-electron chi connectivity index (χ1n) is 5.86. The van der Waals surface area contributed by atoms with Crippen LogP contribution in [-0.4, -0.2) is 70.1 Å². The highest BCUT2D eigenvalue weighted by molar-refractivity contribution is 5.78. The first kappa shape index (κ1) is 18.1. The van der Waals surface area contributed by atoms with Crippen LogP contribution in [0, 0.1) is 0 Å². The van der Waals surface area contributed by atoms with Crippen molar-refractivity contribution < 1.29 is 27.4 Å². The maximum atomic E-state index is 12.0. The maximum absolute atomic E-state index is 12.0. The van der Waals surface area contributed by atoms with Crippen molar-refractivity contribution in [1.29, 1.82) is 0 Å². The number of alkyl halides is 3. The van der Waals surface area contributed by atoms with Gasteiger partial charge in [-0.05, 0) is 6.92 Å². The highest BCUT2D eigenvalue weighted by atomic mass is 19.4. The summed E-state index contributed by atoms with van der Waals surface area (Å²) in [5.74, 6) is -0.411. The molecule has 8 heteroatoms. The van der Waals surface area contributed by atoms with Gasteiger partial charge in [-0.15, -0.1) is 0 Å². The maximum Gasteiger partial charge on any atom is 0.401 e. The number of nitrogens with one attached hydrogen (secondary N) is 1. The molecule has 0 radical (unpaired) electrons. The monoisotopic (exact) mass is 286 g/mol. The molecule has 1 amide bonds. The quantitative estimate of drug-likeness (QED) is 0.676. The molecule has 1 unspecified atom stereocenters. The number of halogens is 3. The molecular weight excluding hydrogens is 265 g/mol. The zero-order valence-electron chi connectivity index (χ0n) is 11.4. The normalized spacial score (nSPS) is 13.4. The Labute approximate surface area is 111 Å². The number of hydrogen-bond donors (Lipinski definition) is 1. The zero-order chi connectivity index (χ0) is 14.9. The first-order chi connectivity index (χ1) is 8.81. The molecule has 114 valence electrons. The lowest BCUT2D eigenvalue weighted by Gasteiger charge is -2.28. The highest BCUT2D eigenvalue weighted by Crippen LogP contribution is 2.12. The number of carbonyl (C=O) groups excluding carboxylic acids is 1. The average Bonchev–Trinajstić information content (AvgIpc) is 2.28. The Morgan fingerprint density at radius 3 is 2.42 bits per heavy atom. The summed E-state index contributed by atoms with van der Waals surface area (Å²) < 4.78 is 45.7. The minimum atomic E-state index is -4.32. The second kappa shape index (κ2) is 9.11. The van der Waals surface area contributed by atoms with Crippen molar-refractivity contribution in [3.05, 3.63) is 0 Å². The summed E-state index contributed by atoms with van der Waals surface area (Å²) in [5.41, 5.74) is 0. The molecule has 5 nitrogen and oxygen atoms in total. The summed E-state index contributed by atoms with van der Waals surface area (Å²) in [4.78, 5) is 13.3. The van der Waals surface area contributed by atoms with Crippen molar-refractivity contribution in [3.8, 4) is 0 Å². The van der Waals surface area contributed by atoms with Gasteiger partial charge in [0.25, 0.3) is 0 Å². The fourth-order valence-corrected chi connectivity index (χ4v) is 1.52. The van der Waals surface area contributed by atoms with Crippen molar-refractivity contribution in [1.82, 2.24) is 10.2 Å². The van der Waals surface area contributed by atoms with Crippen LogP contribution in [-0.2, 0) is 14.3 Å². The summed E-state index contributed by atoms with van der Waals surface area (Å²) >= 11 is 0. The molecule has 0 spiro atoms. The molecule has 0 aromatic rings. The van der Waals surface area contributed by atoms with Gasteiger partial charge in [0.2, 0.25) is 5.91 Å². The second-order valence-electron chi connectivity index (χ2n) is 4.10. The standard InChI is InChI=1S/C11H21F3N2O3/c1-9(7-19-3)16(4-5-18-2)10(17)6-15-8-11(12,13)14/h9,15H,4-8H2,1-3H3. The van der Waals surface area contributed by atoms with E-state index in [9.17, 15) is 18.0 Å². The lowest BCUT2D eigenvalue weighted by atomic mass is 10.3. The van der Waals surface area contributed by atoms with E-state index in [4.69, 9.17) is 9.47 Å². The molecule has 0 aliphatic carbocycles. The van der Waals surface area contributed by atoms with Crippen molar-refractivity contribution in [2.24, 2.45) is 0 Å². The lowest BCUT2D eigenvalue weighted by molar-refractivity contribution is -0.137. The third-order valence-electron chi connectivity index (χ3n) is 2.40. The van der Waals surface area contributed by atoms with Gasteiger partial charge in [0.1, 0.15) is 0 Å². The fraction of sp³-hybridized carbons (Fsp3) is 0.909. The van der Waals surface area contributed by atoms with E-state index in [1.807, 2.05) is 0 Å². The Balaban J connectivity index is 4.29. The zero-order valence-corrected chi connectivity index (χ0v) is 11.4. The topological polar surface area (TPSA) is 50.8 Å². The van der Waals surface area contributed by atoms with Gasteiger partial charge in [0, 0.05) is 20.8 Å². The van der Waals surface area contributed by atoms with E-state index in [1.165, 1.54) is 19.1 Å². The average molecular weight is 286 g/mol. The molecule has 0 rings (SSSR count). The van der Waals surface area contributed by atoms with Crippen LogP contribution in [0.2, 0.25) is 0 Å². The van der Waals surface area contributed by atoms with Crippen LogP contribution >= 0.6 is 0 Å². The highest BCUT2D eigenvalue weighted by Gasteiger charge is 2.27. The van der Waals surface area contributed by atoms with Crippen molar-refractivity contribution in [2.45, 2.75) is 19.1 Å². The van der Waals surface area contributed by atoms with E-state index in [-0.39, 0.29) is 12.6 Å². The summed E-state index contributed by atoms with van der Waals surface area (Å²) in [6, 6.07) is -0.222. The molecule has 19 heavy (non-hydrogen) atoms. The van der Waals surface area contributed by atoms with Crippen LogP contribution in [0.1, 0.15) is 6.92 Å². The van der Waals surface area contributed by atoms with E-state index in [0.717, 1.165) is 0 Å². The molecule has 0 heterocycles. The van der Waals surface area contributed by atoms with Gasteiger partial charge in [0.15, 0.2) is 0 Å². The van der Waals surface area contributed by atoms with Gasteiger partial charge in [0.05, 0.1) is 32.3 Å². The Bertz CT molecular complexity index is 262. The van der Waals surface area contributed by atoms with E-state index < -0.39 is 18.6 Å². The van der Waals surface area contributed by atoms with Crippen LogP contribution in [0.3, 0.4) is 0 Å². The second-order valence-corrected chi connectivity index (χ2v) is 4.10.